The molecule has 1 N–H and O–H groups in total. The van der Waals surface area contributed by atoms with E-state index in [1.54, 1.807) is 12.1 Å². The summed E-state index contributed by atoms with van der Waals surface area (Å²) in [5.74, 6) is 0. The first-order valence-corrected chi connectivity index (χ1v) is 4.36. The molecule has 0 aliphatic carbocycles. The van der Waals surface area contributed by atoms with E-state index in [0.29, 0.717) is 5.30 Å². The van der Waals surface area contributed by atoms with Gasteiger partial charge in [-0.15, -0.1) is 0 Å². The van der Waals surface area contributed by atoms with E-state index in [9.17, 15) is 4.57 Å². The Morgan fingerprint density at radius 3 is 2.27 bits per heavy atom. The molecule has 0 spiro atoms. The molecule has 0 saturated carbocycles. The van der Waals surface area contributed by atoms with Crippen LogP contribution in [0, 0.1) is 6.92 Å². The summed E-state index contributed by atoms with van der Waals surface area (Å²) in [5, 5.41) is 0.563. The quantitative estimate of drug-likeness (QED) is 0.529. The minimum Gasteiger partial charge on any atom is -0.343 e. The summed E-state index contributed by atoms with van der Waals surface area (Å²) in [4.78, 5) is 8.75. The van der Waals surface area contributed by atoms with Crippen LogP contribution < -0.4 is 5.30 Å². The largest absolute Gasteiger partial charge is 0.343 e. The summed E-state index contributed by atoms with van der Waals surface area (Å²) in [6.45, 7) is 1.83. The Labute approximate surface area is 109 Å². The number of benzene rings is 1. The molecule has 0 amide bonds. The van der Waals surface area contributed by atoms with Crippen molar-refractivity contribution >= 4 is 64.7 Å². The molecule has 0 aliphatic heterocycles. The average Bonchev–Trinajstić information content (AvgIpc) is 1.88. The van der Waals surface area contributed by atoms with Gasteiger partial charge in [0.2, 0.25) is 8.03 Å². The van der Waals surface area contributed by atoms with Crippen molar-refractivity contribution < 1.29 is 9.46 Å². The second kappa shape index (κ2) is 5.65. The normalized spacial score (nSPS) is 11.8. The van der Waals surface area contributed by atoms with Crippen LogP contribution in [0.3, 0.4) is 0 Å². The molecule has 4 heteroatoms. The monoisotopic (exact) mass is 195 g/mol. The molecule has 1 rings (SSSR count). The van der Waals surface area contributed by atoms with Gasteiger partial charge in [0.1, 0.15) is 0 Å². The summed E-state index contributed by atoms with van der Waals surface area (Å²) >= 11 is 0. The maximum atomic E-state index is 10.6. The first-order valence-electron chi connectivity index (χ1n) is 3.01. The van der Waals surface area contributed by atoms with Gasteiger partial charge in [0, 0.05) is 56.7 Å². The molecule has 2 nitrogen and oxygen atoms in total. The SMILES string of the molecule is Cc1ccccc1[PH](=O)O.[K]. The molecule has 0 fully saturated rings. The van der Waals surface area contributed by atoms with Gasteiger partial charge in [0.15, 0.2) is 0 Å². The molecule has 1 aromatic carbocycles. The second-order valence-corrected chi connectivity index (χ2v) is 3.27. The van der Waals surface area contributed by atoms with Crippen LogP contribution in [0.5, 0.6) is 0 Å². The van der Waals surface area contributed by atoms with Crippen molar-refractivity contribution in [3.8, 4) is 0 Å². The molecule has 0 bridgehead atoms. The molecule has 1 radical (unpaired) electrons. The average molecular weight is 195 g/mol. The molecule has 0 aromatic heterocycles. The van der Waals surface area contributed by atoms with Crippen molar-refractivity contribution in [2.75, 3.05) is 0 Å². The van der Waals surface area contributed by atoms with Crippen LogP contribution in [0.2, 0.25) is 0 Å². The minimum absolute atomic E-state index is 0. The van der Waals surface area contributed by atoms with Gasteiger partial charge < -0.3 is 4.89 Å². The third kappa shape index (κ3) is 3.51. The van der Waals surface area contributed by atoms with Crippen LogP contribution in [-0.4, -0.2) is 56.3 Å². The molecular formula is C7H9KO2P. The fourth-order valence-electron chi connectivity index (χ4n) is 0.813. The van der Waals surface area contributed by atoms with Gasteiger partial charge in [-0.1, -0.05) is 18.2 Å². The van der Waals surface area contributed by atoms with Gasteiger partial charge in [-0.05, 0) is 18.6 Å². The van der Waals surface area contributed by atoms with Gasteiger partial charge >= 0.3 is 0 Å². The van der Waals surface area contributed by atoms with Crippen molar-refractivity contribution in [1.29, 1.82) is 0 Å². The molecule has 1 unspecified atom stereocenters. The van der Waals surface area contributed by atoms with E-state index in [4.69, 9.17) is 4.89 Å². The third-order valence-electron chi connectivity index (χ3n) is 1.38. The van der Waals surface area contributed by atoms with Crippen LogP contribution in [0.15, 0.2) is 24.3 Å². The summed E-state index contributed by atoms with van der Waals surface area (Å²) < 4.78 is 10.6. The zero-order valence-corrected chi connectivity index (χ0v) is 10.8. The predicted molar refractivity (Wildman–Crippen MR) is 47.8 cm³/mol. The van der Waals surface area contributed by atoms with E-state index >= 15 is 0 Å². The van der Waals surface area contributed by atoms with E-state index in [2.05, 4.69) is 0 Å². The van der Waals surface area contributed by atoms with Crippen LogP contribution in [0.1, 0.15) is 5.56 Å². The van der Waals surface area contributed by atoms with Gasteiger partial charge in [0.05, 0.1) is 0 Å². The Morgan fingerprint density at radius 1 is 1.36 bits per heavy atom. The Bertz CT molecular complexity index is 262. The van der Waals surface area contributed by atoms with Gasteiger partial charge in [-0.2, -0.15) is 0 Å². The molecule has 0 saturated heterocycles. The minimum atomic E-state index is -2.49. The molecular weight excluding hydrogens is 186 g/mol. The number of rotatable bonds is 1. The Kier molecular flexibility index (Phi) is 6.19. The molecule has 1 atom stereocenters. The predicted octanol–water partition coefficient (Wildman–Crippen LogP) is 0.707. The number of hydrogen-bond donors (Lipinski definition) is 1. The van der Waals surface area contributed by atoms with Crippen molar-refractivity contribution in [3.63, 3.8) is 0 Å². The van der Waals surface area contributed by atoms with Crippen LogP contribution in [0.25, 0.3) is 0 Å². The molecule has 0 heterocycles. The topological polar surface area (TPSA) is 37.3 Å². The summed E-state index contributed by atoms with van der Waals surface area (Å²) in [7, 11) is -2.49. The second-order valence-electron chi connectivity index (χ2n) is 2.12. The molecule has 1 aromatic rings. The van der Waals surface area contributed by atoms with Crippen LogP contribution in [0.4, 0.5) is 0 Å². The first kappa shape index (κ1) is 12.0. The van der Waals surface area contributed by atoms with Crippen LogP contribution in [-0.2, 0) is 4.57 Å². The Hall–Kier alpha value is 1.05. The zero-order valence-electron chi connectivity index (χ0n) is 6.66. The van der Waals surface area contributed by atoms with Gasteiger partial charge in [-0.3, -0.25) is 4.57 Å². The van der Waals surface area contributed by atoms with Crippen LogP contribution >= 0.6 is 8.03 Å². The number of hydrogen-bond acceptors (Lipinski definition) is 1. The Balaban J connectivity index is 0.000001000. The standard InChI is InChI=1S/C7H9O2P.K/c1-6-4-2-3-5-7(6)10(8)9;/h2-5,10H,1H3,(H,8,9);. The number of aryl methyl sites for hydroxylation is 1. The van der Waals surface area contributed by atoms with Gasteiger partial charge in [-0.25, -0.2) is 0 Å². The van der Waals surface area contributed by atoms with Crippen molar-refractivity contribution in [3.05, 3.63) is 29.8 Å². The van der Waals surface area contributed by atoms with Crippen molar-refractivity contribution in [1.82, 2.24) is 0 Å². The fourth-order valence-corrected chi connectivity index (χ4v) is 1.47. The maximum Gasteiger partial charge on any atom is 0.218 e. The van der Waals surface area contributed by atoms with Crippen molar-refractivity contribution in [2.24, 2.45) is 0 Å². The van der Waals surface area contributed by atoms with E-state index < -0.39 is 8.03 Å². The van der Waals surface area contributed by atoms with E-state index in [-0.39, 0.29) is 51.4 Å². The molecule has 0 aliphatic rings. The summed E-state index contributed by atoms with van der Waals surface area (Å²) in [6.07, 6.45) is 0. The third-order valence-corrected chi connectivity index (χ3v) is 2.40. The fraction of sp³-hybridized carbons (Fsp3) is 0.143. The van der Waals surface area contributed by atoms with E-state index in [0.717, 1.165) is 5.56 Å². The van der Waals surface area contributed by atoms with E-state index in [1.807, 2.05) is 19.1 Å². The van der Waals surface area contributed by atoms with Crippen molar-refractivity contribution in [2.45, 2.75) is 6.92 Å². The zero-order chi connectivity index (χ0) is 7.56. The first-order chi connectivity index (χ1) is 4.72. The van der Waals surface area contributed by atoms with E-state index in [1.165, 1.54) is 0 Å². The summed E-state index contributed by atoms with van der Waals surface area (Å²) in [5.41, 5.74) is 0.883. The summed E-state index contributed by atoms with van der Waals surface area (Å²) in [6, 6.07) is 7.12. The van der Waals surface area contributed by atoms with Gasteiger partial charge in [0.25, 0.3) is 0 Å². The molecule has 55 valence electrons. The Morgan fingerprint density at radius 2 is 1.91 bits per heavy atom. The maximum absolute atomic E-state index is 10.6. The smallest absolute Gasteiger partial charge is 0.218 e. The molecule has 11 heavy (non-hydrogen) atoms.